The van der Waals surface area contributed by atoms with Gasteiger partial charge in [-0.25, -0.2) is 4.79 Å². The fourth-order valence-corrected chi connectivity index (χ4v) is 2.64. The molecule has 4 unspecified atom stereocenters. The Kier molecular flexibility index (Phi) is 10.6. The molecule has 0 heterocycles. The van der Waals surface area contributed by atoms with Gasteiger partial charge in [-0.05, 0) is 26.7 Å². The molecule has 0 aromatic rings. The van der Waals surface area contributed by atoms with Crippen molar-refractivity contribution < 1.29 is 23.8 Å². The number of ether oxygens (including phenoxy) is 3. The van der Waals surface area contributed by atoms with Gasteiger partial charge in [0.05, 0.1) is 25.2 Å². The fourth-order valence-electron chi connectivity index (χ4n) is 2.64. The van der Waals surface area contributed by atoms with Crippen LogP contribution in [0.4, 0.5) is 0 Å². The lowest BCUT2D eigenvalue weighted by Crippen LogP contribution is -2.45. The minimum absolute atomic E-state index is 0.00176. The number of methoxy groups -OCH3 is 1. The molecule has 0 fully saturated rings. The van der Waals surface area contributed by atoms with E-state index in [0.717, 1.165) is 18.9 Å². The van der Waals surface area contributed by atoms with Gasteiger partial charge in [-0.15, -0.1) is 0 Å². The van der Waals surface area contributed by atoms with Gasteiger partial charge in [0.25, 0.3) is 0 Å². The third-order valence-corrected chi connectivity index (χ3v) is 4.56. The van der Waals surface area contributed by atoms with Crippen LogP contribution in [0.15, 0.2) is 12.7 Å². The Morgan fingerprint density at radius 1 is 1.25 bits per heavy atom. The Morgan fingerprint density at radius 3 is 2.29 bits per heavy atom. The summed E-state index contributed by atoms with van der Waals surface area (Å²) in [6.45, 7) is 11.6. The molecule has 4 atom stereocenters. The maximum Gasteiger partial charge on any atom is 0.330 e. The van der Waals surface area contributed by atoms with E-state index in [0.29, 0.717) is 0 Å². The van der Waals surface area contributed by atoms with Crippen LogP contribution in [0, 0.1) is 11.8 Å². The minimum Gasteiger partial charge on any atom is -0.465 e. The third kappa shape index (κ3) is 7.45. The van der Waals surface area contributed by atoms with E-state index >= 15 is 0 Å². The number of rotatable bonds is 12. The number of carbonyl (C=O) groups excluding carboxylic acids is 2. The average Bonchev–Trinajstić information content (AvgIpc) is 2.55. The van der Waals surface area contributed by atoms with Crippen LogP contribution in [-0.4, -0.2) is 43.9 Å². The zero-order chi connectivity index (χ0) is 18.8. The lowest BCUT2D eigenvalue weighted by Gasteiger charge is -2.39. The van der Waals surface area contributed by atoms with Crippen molar-refractivity contribution in [3.8, 4) is 0 Å². The molecule has 0 spiro atoms. The van der Waals surface area contributed by atoms with Gasteiger partial charge in [0.15, 0.2) is 0 Å². The SMILES string of the molecule is C=CC(=O)OCC(CC)C(COC(=O)CC(C)N)C(C)(CC)OC. The summed E-state index contributed by atoms with van der Waals surface area (Å²) in [4.78, 5) is 23.2. The second kappa shape index (κ2) is 11.2. The van der Waals surface area contributed by atoms with Crippen LogP contribution in [0.2, 0.25) is 0 Å². The molecule has 0 bridgehead atoms. The molecule has 0 amide bonds. The lowest BCUT2D eigenvalue weighted by molar-refractivity contribution is -0.156. The number of hydrogen-bond donors (Lipinski definition) is 1. The molecular weight excluding hydrogens is 310 g/mol. The molecule has 24 heavy (non-hydrogen) atoms. The first-order valence-electron chi connectivity index (χ1n) is 8.49. The molecule has 0 radical (unpaired) electrons. The van der Waals surface area contributed by atoms with Gasteiger partial charge >= 0.3 is 11.9 Å². The van der Waals surface area contributed by atoms with Crippen LogP contribution >= 0.6 is 0 Å². The molecule has 0 aliphatic heterocycles. The van der Waals surface area contributed by atoms with E-state index in [-0.39, 0.29) is 43.5 Å². The monoisotopic (exact) mass is 343 g/mol. The van der Waals surface area contributed by atoms with Crippen LogP contribution in [0.1, 0.15) is 47.0 Å². The molecule has 0 rings (SSSR count). The highest BCUT2D eigenvalue weighted by Crippen LogP contribution is 2.33. The van der Waals surface area contributed by atoms with Crippen molar-refractivity contribution in [1.29, 1.82) is 0 Å². The van der Waals surface area contributed by atoms with Crippen molar-refractivity contribution in [1.82, 2.24) is 0 Å². The highest BCUT2D eigenvalue weighted by atomic mass is 16.5. The molecule has 2 N–H and O–H groups in total. The van der Waals surface area contributed by atoms with Gasteiger partial charge in [0.2, 0.25) is 0 Å². The van der Waals surface area contributed by atoms with Gasteiger partial charge in [-0.2, -0.15) is 0 Å². The van der Waals surface area contributed by atoms with E-state index in [1.54, 1.807) is 14.0 Å². The van der Waals surface area contributed by atoms with E-state index in [1.165, 1.54) is 0 Å². The van der Waals surface area contributed by atoms with Gasteiger partial charge in [0, 0.05) is 31.1 Å². The lowest BCUT2D eigenvalue weighted by atomic mass is 9.77. The summed E-state index contributed by atoms with van der Waals surface area (Å²) in [5, 5.41) is 0. The summed E-state index contributed by atoms with van der Waals surface area (Å²) in [5.74, 6) is -0.895. The van der Waals surface area contributed by atoms with Crippen LogP contribution in [-0.2, 0) is 23.8 Å². The van der Waals surface area contributed by atoms with Crippen molar-refractivity contribution in [2.75, 3.05) is 20.3 Å². The molecule has 0 aromatic heterocycles. The first kappa shape index (κ1) is 22.6. The van der Waals surface area contributed by atoms with Crippen molar-refractivity contribution in [3.63, 3.8) is 0 Å². The quantitative estimate of drug-likeness (QED) is 0.432. The number of carbonyl (C=O) groups is 2. The van der Waals surface area contributed by atoms with Crippen molar-refractivity contribution in [3.05, 3.63) is 12.7 Å². The summed E-state index contributed by atoms with van der Waals surface area (Å²) in [5.41, 5.74) is 5.14. The molecule has 0 aliphatic rings. The number of hydrogen-bond acceptors (Lipinski definition) is 6. The molecule has 0 saturated heterocycles. The van der Waals surface area contributed by atoms with E-state index < -0.39 is 11.6 Å². The van der Waals surface area contributed by atoms with Gasteiger partial charge in [0.1, 0.15) is 0 Å². The summed E-state index contributed by atoms with van der Waals surface area (Å²) in [6.07, 6.45) is 2.81. The number of nitrogens with two attached hydrogens (primary N) is 1. The highest BCUT2D eigenvalue weighted by molar-refractivity contribution is 5.81. The average molecular weight is 343 g/mol. The van der Waals surface area contributed by atoms with Crippen LogP contribution in [0.3, 0.4) is 0 Å². The highest BCUT2D eigenvalue weighted by Gasteiger charge is 2.39. The standard InChI is InChI=1S/C18H33NO5/c1-7-14(11-23-16(20)8-2)15(18(5,9-3)22-6)12-24-17(21)10-13(4)19/h8,13-15H,2,7,9-12,19H2,1,3-6H3. The van der Waals surface area contributed by atoms with Crippen molar-refractivity contribution in [2.24, 2.45) is 17.6 Å². The summed E-state index contributed by atoms with van der Waals surface area (Å²) >= 11 is 0. The van der Waals surface area contributed by atoms with Crippen molar-refractivity contribution >= 4 is 11.9 Å². The first-order chi connectivity index (χ1) is 11.2. The van der Waals surface area contributed by atoms with E-state index in [9.17, 15) is 9.59 Å². The largest absolute Gasteiger partial charge is 0.465 e. The molecular formula is C18H33NO5. The van der Waals surface area contributed by atoms with Crippen molar-refractivity contribution in [2.45, 2.75) is 58.6 Å². The second-order valence-electron chi connectivity index (χ2n) is 6.34. The predicted octanol–water partition coefficient (Wildman–Crippen LogP) is 2.45. The van der Waals surface area contributed by atoms with Crippen LogP contribution < -0.4 is 5.73 Å². The molecule has 6 nitrogen and oxygen atoms in total. The van der Waals surface area contributed by atoms with Gasteiger partial charge in [-0.1, -0.05) is 20.4 Å². The maximum atomic E-state index is 11.8. The molecule has 140 valence electrons. The zero-order valence-corrected chi connectivity index (χ0v) is 15.7. The first-order valence-corrected chi connectivity index (χ1v) is 8.49. The topological polar surface area (TPSA) is 87.9 Å². The van der Waals surface area contributed by atoms with Crippen LogP contribution in [0.5, 0.6) is 0 Å². The minimum atomic E-state index is -0.490. The normalized spacial score (nSPS) is 17.2. The second-order valence-corrected chi connectivity index (χ2v) is 6.34. The fraction of sp³-hybridized carbons (Fsp3) is 0.778. The zero-order valence-electron chi connectivity index (χ0n) is 15.7. The summed E-state index contributed by atoms with van der Waals surface area (Å²) in [7, 11) is 1.64. The Balaban J connectivity index is 5.11. The smallest absolute Gasteiger partial charge is 0.330 e. The Labute approximate surface area is 145 Å². The van der Waals surface area contributed by atoms with Gasteiger partial charge in [-0.3, -0.25) is 4.79 Å². The third-order valence-electron chi connectivity index (χ3n) is 4.56. The number of esters is 2. The predicted molar refractivity (Wildman–Crippen MR) is 93.4 cm³/mol. The summed E-state index contributed by atoms with van der Waals surface area (Å²) < 4.78 is 16.3. The maximum absolute atomic E-state index is 11.8. The molecule has 0 aliphatic carbocycles. The Hall–Kier alpha value is -1.40. The molecule has 0 saturated carbocycles. The summed E-state index contributed by atoms with van der Waals surface area (Å²) in [6, 6.07) is -0.244. The van der Waals surface area contributed by atoms with Crippen LogP contribution in [0.25, 0.3) is 0 Å². The Morgan fingerprint density at radius 2 is 1.88 bits per heavy atom. The van der Waals surface area contributed by atoms with E-state index in [1.807, 2.05) is 20.8 Å². The van der Waals surface area contributed by atoms with Gasteiger partial charge < -0.3 is 19.9 Å². The molecule has 6 heteroatoms. The van der Waals surface area contributed by atoms with E-state index in [4.69, 9.17) is 19.9 Å². The van der Waals surface area contributed by atoms with E-state index in [2.05, 4.69) is 6.58 Å². The Bertz CT molecular complexity index is 404. The molecule has 0 aromatic carbocycles.